The van der Waals surface area contributed by atoms with E-state index >= 15 is 0 Å². The first-order valence-electron chi connectivity index (χ1n) is 8.32. The summed E-state index contributed by atoms with van der Waals surface area (Å²) in [4.78, 5) is 13.3. The van der Waals surface area contributed by atoms with Crippen molar-refractivity contribution in [2.45, 2.75) is 18.7 Å². The number of aromatic carboxylic acids is 1. The number of hydrogen-bond acceptors (Lipinski definition) is 5. The summed E-state index contributed by atoms with van der Waals surface area (Å²) in [5.74, 6) is -0.122. The molecule has 0 aliphatic carbocycles. The predicted octanol–water partition coefficient (Wildman–Crippen LogP) is 3.57. The molecule has 0 radical (unpaired) electrons. The molecular weight excluding hydrogens is 380 g/mol. The van der Waals surface area contributed by atoms with E-state index in [9.17, 15) is 13.2 Å². The van der Waals surface area contributed by atoms with E-state index < -0.39 is 16.0 Å². The van der Waals surface area contributed by atoms with Gasteiger partial charge in [-0.3, -0.25) is 0 Å². The van der Waals surface area contributed by atoms with Gasteiger partial charge in [0.1, 0.15) is 11.5 Å². The zero-order chi connectivity index (χ0) is 20.3. The fourth-order valence-corrected chi connectivity index (χ4v) is 3.36. The summed E-state index contributed by atoms with van der Waals surface area (Å²) in [7, 11) is -3.76. The van der Waals surface area contributed by atoms with Crippen LogP contribution in [0.3, 0.4) is 0 Å². The van der Waals surface area contributed by atoms with Gasteiger partial charge in [0.2, 0.25) is 0 Å². The number of nitrogens with zero attached hydrogens (tertiary/aromatic N) is 1. The van der Waals surface area contributed by atoms with Crippen LogP contribution in [0.25, 0.3) is 11.3 Å². The van der Waals surface area contributed by atoms with Gasteiger partial charge in [0, 0.05) is 5.56 Å². The monoisotopic (exact) mass is 398 g/mol. The maximum absolute atomic E-state index is 12.2. The van der Waals surface area contributed by atoms with E-state index in [1.165, 1.54) is 24.4 Å². The number of hydrazone groups is 1. The standard InChI is InChI=1S/C20H18N2O5S/c1-13-3-7-17(8-4-13)28(25,26)22-21-12-16-6-10-19(27-16)18-9-5-15(20(23)24)11-14(18)2/h3-12,22H,1-2H3,(H,23,24)/b21-12-. The third kappa shape index (κ3) is 4.29. The van der Waals surface area contributed by atoms with Crippen molar-refractivity contribution in [2.24, 2.45) is 5.10 Å². The molecule has 1 aromatic heterocycles. The van der Waals surface area contributed by atoms with Crippen molar-refractivity contribution in [3.05, 3.63) is 77.0 Å². The summed E-state index contributed by atoms with van der Waals surface area (Å²) in [6.45, 7) is 3.65. The Balaban J connectivity index is 1.74. The van der Waals surface area contributed by atoms with Crippen LogP contribution in [-0.2, 0) is 10.0 Å². The average Bonchev–Trinajstić information content (AvgIpc) is 3.10. The average molecular weight is 398 g/mol. The van der Waals surface area contributed by atoms with Gasteiger partial charge in [-0.2, -0.15) is 18.4 Å². The molecule has 0 amide bonds. The van der Waals surface area contributed by atoms with Crippen LogP contribution in [0.4, 0.5) is 0 Å². The van der Waals surface area contributed by atoms with Crippen LogP contribution in [0.1, 0.15) is 27.2 Å². The second-order valence-electron chi connectivity index (χ2n) is 6.20. The molecule has 2 aromatic carbocycles. The largest absolute Gasteiger partial charge is 0.478 e. The number of nitrogens with one attached hydrogen (secondary N) is 1. The Morgan fingerprint density at radius 3 is 2.43 bits per heavy atom. The fourth-order valence-electron chi connectivity index (χ4n) is 2.57. The van der Waals surface area contributed by atoms with Crippen molar-refractivity contribution in [3.63, 3.8) is 0 Å². The van der Waals surface area contributed by atoms with Gasteiger partial charge >= 0.3 is 5.97 Å². The van der Waals surface area contributed by atoms with Gasteiger partial charge in [0.25, 0.3) is 10.0 Å². The summed E-state index contributed by atoms with van der Waals surface area (Å²) in [5.41, 5.74) is 2.64. The lowest BCUT2D eigenvalue weighted by Gasteiger charge is -2.04. The highest BCUT2D eigenvalue weighted by Crippen LogP contribution is 2.26. The van der Waals surface area contributed by atoms with Gasteiger partial charge in [0.05, 0.1) is 16.7 Å². The lowest BCUT2D eigenvalue weighted by molar-refractivity contribution is 0.0696. The minimum absolute atomic E-state index is 0.115. The van der Waals surface area contributed by atoms with Gasteiger partial charge in [0.15, 0.2) is 0 Å². The number of carboxylic acids is 1. The van der Waals surface area contributed by atoms with Crippen LogP contribution in [0.2, 0.25) is 0 Å². The second kappa shape index (κ2) is 7.69. The molecule has 8 heteroatoms. The highest BCUT2D eigenvalue weighted by atomic mass is 32.2. The summed E-state index contributed by atoms with van der Waals surface area (Å²) in [6, 6.07) is 14.5. The number of sulfonamides is 1. The van der Waals surface area contributed by atoms with Crippen LogP contribution in [0, 0.1) is 13.8 Å². The Hall–Kier alpha value is -3.39. The van der Waals surface area contributed by atoms with Crippen molar-refractivity contribution in [1.82, 2.24) is 4.83 Å². The first-order chi connectivity index (χ1) is 13.3. The van der Waals surface area contributed by atoms with Gasteiger partial charge < -0.3 is 9.52 Å². The summed E-state index contributed by atoms with van der Waals surface area (Å²) < 4.78 is 30.0. The maximum Gasteiger partial charge on any atom is 0.335 e. The quantitative estimate of drug-likeness (QED) is 0.487. The number of hydrogen-bond donors (Lipinski definition) is 2. The summed E-state index contributed by atoms with van der Waals surface area (Å²) in [6.07, 6.45) is 1.26. The Labute approximate surface area is 162 Å². The Bertz CT molecular complexity index is 1150. The van der Waals surface area contributed by atoms with Crippen molar-refractivity contribution in [3.8, 4) is 11.3 Å². The molecule has 0 spiro atoms. The van der Waals surface area contributed by atoms with Crippen LogP contribution in [0.15, 0.2) is 69.0 Å². The maximum atomic E-state index is 12.2. The zero-order valence-corrected chi connectivity index (χ0v) is 16.0. The van der Waals surface area contributed by atoms with Gasteiger partial charge in [-0.1, -0.05) is 23.8 Å². The van der Waals surface area contributed by atoms with Gasteiger partial charge in [-0.15, -0.1) is 0 Å². The van der Waals surface area contributed by atoms with Crippen LogP contribution in [-0.4, -0.2) is 25.7 Å². The molecule has 7 nitrogen and oxygen atoms in total. The molecule has 144 valence electrons. The number of furan rings is 1. The summed E-state index contributed by atoms with van der Waals surface area (Å²) in [5, 5.41) is 12.8. The molecule has 0 aliphatic heterocycles. The zero-order valence-electron chi connectivity index (χ0n) is 15.2. The number of rotatable bonds is 6. The predicted molar refractivity (Wildman–Crippen MR) is 105 cm³/mol. The van der Waals surface area contributed by atoms with Gasteiger partial charge in [-0.25, -0.2) is 4.79 Å². The first kappa shape index (κ1) is 19.4. The van der Waals surface area contributed by atoms with E-state index in [1.807, 2.05) is 6.92 Å². The SMILES string of the molecule is Cc1ccc(S(=O)(=O)N/N=C\c2ccc(-c3ccc(C(=O)O)cc3C)o2)cc1. The molecule has 28 heavy (non-hydrogen) atoms. The second-order valence-corrected chi connectivity index (χ2v) is 7.86. The lowest BCUT2D eigenvalue weighted by atomic mass is 10.0. The van der Waals surface area contributed by atoms with Crippen LogP contribution < -0.4 is 4.83 Å². The topological polar surface area (TPSA) is 109 Å². The summed E-state index contributed by atoms with van der Waals surface area (Å²) >= 11 is 0. The van der Waals surface area contributed by atoms with E-state index in [1.54, 1.807) is 43.3 Å². The lowest BCUT2D eigenvalue weighted by Crippen LogP contribution is -2.18. The van der Waals surface area contributed by atoms with E-state index in [2.05, 4.69) is 9.93 Å². The number of carbonyl (C=O) groups is 1. The smallest absolute Gasteiger partial charge is 0.335 e. The molecule has 3 rings (SSSR count). The Morgan fingerprint density at radius 1 is 1.07 bits per heavy atom. The molecule has 0 fully saturated rings. The van der Waals surface area contributed by atoms with E-state index in [0.29, 0.717) is 11.5 Å². The highest BCUT2D eigenvalue weighted by Gasteiger charge is 2.13. The first-order valence-corrected chi connectivity index (χ1v) is 9.80. The third-order valence-electron chi connectivity index (χ3n) is 4.06. The minimum Gasteiger partial charge on any atom is -0.478 e. The Kier molecular flexibility index (Phi) is 5.32. The molecule has 0 unspecified atom stereocenters. The molecule has 0 atom stereocenters. The molecule has 0 saturated carbocycles. The molecule has 0 aliphatic rings. The van der Waals surface area contributed by atoms with Crippen molar-refractivity contribution in [2.75, 3.05) is 0 Å². The third-order valence-corrected chi connectivity index (χ3v) is 5.30. The Morgan fingerprint density at radius 2 is 1.79 bits per heavy atom. The fraction of sp³-hybridized carbons (Fsp3) is 0.100. The highest BCUT2D eigenvalue weighted by molar-refractivity contribution is 7.89. The normalized spacial score (nSPS) is 11.6. The number of carboxylic acid groups (broad SMARTS) is 1. The van der Waals surface area contributed by atoms with Gasteiger partial charge in [-0.05, 0) is 55.8 Å². The van der Waals surface area contributed by atoms with Crippen molar-refractivity contribution >= 4 is 22.2 Å². The van der Waals surface area contributed by atoms with Crippen molar-refractivity contribution < 1.29 is 22.7 Å². The molecular formula is C20H18N2O5S. The number of benzene rings is 2. The minimum atomic E-state index is -3.76. The van der Waals surface area contributed by atoms with E-state index in [0.717, 1.165) is 16.7 Å². The molecule has 1 heterocycles. The molecule has 3 aromatic rings. The van der Waals surface area contributed by atoms with E-state index in [4.69, 9.17) is 9.52 Å². The van der Waals surface area contributed by atoms with Crippen LogP contribution in [0.5, 0.6) is 0 Å². The molecule has 0 saturated heterocycles. The molecule has 2 N–H and O–H groups in total. The number of aryl methyl sites for hydroxylation is 2. The molecule has 0 bridgehead atoms. The van der Waals surface area contributed by atoms with Crippen LogP contribution >= 0.6 is 0 Å². The van der Waals surface area contributed by atoms with E-state index in [-0.39, 0.29) is 10.5 Å². The van der Waals surface area contributed by atoms with Crippen molar-refractivity contribution in [1.29, 1.82) is 0 Å².